The molecule has 0 bridgehead atoms. The van der Waals surface area contributed by atoms with Crippen LogP contribution in [0.15, 0.2) is 24.3 Å². The average molecular weight is 423 g/mol. The van der Waals surface area contributed by atoms with Gasteiger partial charge < -0.3 is 4.74 Å². The van der Waals surface area contributed by atoms with Crippen molar-refractivity contribution in [2.45, 2.75) is 20.0 Å². The van der Waals surface area contributed by atoms with Gasteiger partial charge in [0.2, 0.25) is 0 Å². The van der Waals surface area contributed by atoms with Crippen molar-refractivity contribution in [3.63, 3.8) is 0 Å². The summed E-state index contributed by atoms with van der Waals surface area (Å²) in [6.45, 7) is 3.64. The fourth-order valence-electron chi connectivity index (χ4n) is 1.60. The van der Waals surface area contributed by atoms with Crippen molar-refractivity contribution >= 4 is 57.5 Å². The Morgan fingerprint density at radius 1 is 1.55 bits per heavy atom. The lowest BCUT2D eigenvalue weighted by molar-refractivity contribution is 0.121. The molecular formula is C13H12ClIN2O2S. The molecule has 0 saturated carbocycles. The van der Waals surface area contributed by atoms with Crippen molar-refractivity contribution in [2.24, 2.45) is 0 Å². The molecule has 0 unspecified atom stereocenters. The zero-order chi connectivity index (χ0) is 14.7. The van der Waals surface area contributed by atoms with Crippen LogP contribution in [0.5, 0.6) is 0 Å². The molecular weight excluding hydrogens is 411 g/mol. The van der Waals surface area contributed by atoms with Crippen LogP contribution < -0.4 is 5.32 Å². The monoisotopic (exact) mass is 422 g/mol. The van der Waals surface area contributed by atoms with Gasteiger partial charge in [0, 0.05) is 5.02 Å². The molecule has 20 heavy (non-hydrogen) atoms. The molecule has 2 rings (SSSR count). The fourth-order valence-corrected chi connectivity index (χ4v) is 3.22. The highest BCUT2D eigenvalue weighted by molar-refractivity contribution is 14.1. The highest BCUT2D eigenvalue weighted by Crippen LogP contribution is 2.27. The number of ether oxygens (including phenoxy) is 1. The van der Waals surface area contributed by atoms with Crippen molar-refractivity contribution < 1.29 is 9.53 Å². The Labute approximate surface area is 139 Å². The third-order valence-electron chi connectivity index (χ3n) is 2.65. The lowest BCUT2D eigenvalue weighted by Gasteiger charge is -2.14. The molecule has 0 spiro atoms. The number of rotatable bonds is 3. The molecule has 0 aliphatic rings. The number of aromatic nitrogens is 1. The largest absolute Gasteiger partial charge is 0.441 e. The van der Waals surface area contributed by atoms with Crippen LogP contribution in [0.2, 0.25) is 5.02 Å². The summed E-state index contributed by atoms with van der Waals surface area (Å²) in [5.74, 6) is 0. The highest BCUT2D eigenvalue weighted by Gasteiger charge is 2.16. The number of halogens is 2. The summed E-state index contributed by atoms with van der Waals surface area (Å²) in [5.41, 5.74) is 2.34. The van der Waals surface area contributed by atoms with E-state index in [1.807, 2.05) is 19.1 Å². The average Bonchev–Trinajstić information content (AvgIpc) is 2.70. The summed E-state index contributed by atoms with van der Waals surface area (Å²) in [4.78, 5) is 11.9. The number of nitrogens with zero attached hydrogens (tertiary/aromatic N) is 1. The van der Waals surface area contributed by atoms with E-state index in [1.165, 1.54) is 11.5 Å². The van der Waals surface area contributed by atoms with Gasteiger partial charge in [-0.05, 0) is 65.7 Å². The molecule has 1 aromatic heterocycles. The number of hydrogen-bond acceptors (Lipinski definition) is 4. The van der Waals surface area contributed by atoms with Crippen LogP contribution in [-0.4, -0.2) is 10.5 Å². The minimum atomic E-state index is -0.501. The lowest BCUT2D eigenvalue weighted by Crippen LogP contribution is -2.16. The number of nitrogens with one attached hydrogen (secondary N) is 1. The predicted molar refractivity (Wildman–Crippen MR) is 89.5 cm³/mol. The predicted octanol–water partition coefficient (Wildman–Crippen LogP) is 5.02. The maximum Gasteiger partial charge on any atom is 0.412 e. The molecule has 0 fully saturated rings. The lowest BCUT2D eigenvalue weighted by atomic mass is 10.1. The zero-order valence-corrected chi connectivity index (χ0v) is 14.5. The SMILES string of the molecule is Cc1nsc(I)c1NC(=O)O[C@H](C)c1cccc(Cl)c1. The number of benzene rings is 1. The van der Waals surface area contributed by atoms with E-state index in [0.717, 1.165) is 14.1 Å². The Balaban J connectivity index is 2.01. The molecule has 1 heterocycles. The van der Waals surface area contributed by atoms with E-state index < -0.39 is 6.09 Å². The smallest absolute Gasteiger partial charge is 0.412 e. The molecule has 106 valence electrons. The normalized spacial score (nSPS) is 12.0. The molecule has 0 aliphatic carbocycles. The summed E-state index contributed by atoms with van der Waals surface area (Å²) in [5, 5.41) is 3.34. The van der Waals surface area contributed by atoms with Gasteiger partial charge in [0.1, 0.15) is 8.99 Å². The molecule has 1 aromatic carbocycles. The maximum absolute atomic E-state index is 11.9. The van der Waals surface area contributed by atoms with E-state index in [2.05, 4.69) is 32.3 Å². The van der Waals surface area contributed by atoms with Gasteiger partial charge >= 0.3 is 6.09 Å². The van der Waals surface area contributed by atoms with Crippen LogP contribution in [0.25, 0.3) is 0 Å². The first-order valence-electron chi connectivity index (χ1n) is 5.82. The third kappa shape index (κ3) is 3.83. The van der Waals surface area contributed by atoms with Crippen LogP contribution in [-0.2, 0) is 4.74 Å². The molecule has 4 nitrogen and oxygen atoms in total. The van der Waals surface area contributed by atoms with Gasteiger partial charge in [-0.3, -0.25) is 5.32 Å². The van der Waals surface area contributed by atoms with Gasteiger partial charge in [0.25, 0.3) is 0 Å². The quantitative estimate of drug-likeness (QED) is 0.707. The molecule has 2 aromatic rings. The van der Waals surface area contributed by atoms with Gasteiger partial charge in [-0.1, -0.05) is 23.7 Å². The number of amides is 1. The minimum Gasteiger partial charge on any atom is -0.441 e. The minimum absolute atomic E-state index is 0.377. The summed E-state index contributed by atoms with van der Waals surface area (Å²) in [7, 11) is 0. The summed E-state index contributed by atoms with van der Waals surface area (Å²) in [6.07, 6.45) is -0.878. The van der Waals surface area contributed by atoms with E-state index in [-0.39, 0.29) is 6.10 Å². The van der Waals surface area contributed by atoms with Gasteiger partial charge in [-0.25, -0.2) is 4.79 Å². The van der Waals surface area contributed by atoms with Crippen LogP contribution in [0.1, 0.15) is 24.3 Å². The van der Waals surface area contributed by atoms with E-state index in [9.17, 15) is 4.79 Å². The van der Waals surface area contributed by atoms with E-state index in [4.69, 9.17) is 16.3 Å². The molecule has 1 N–H and O–H groups in total. The topological polar surface area (TPSA) is 51.2 Å². The molecule has 0 saturated heterocycles. The van der Waals surface area contributed by atoms with E-state index in [1.54, 1.807) is 19.1 Å². The number of carbonyl (C=O) groups excluding carboxylic acids is 1. The van der Waals surface area contributed by atoms with Crippen molar-refractivity contribution in [3.8, 4) is 0 Å². The second-order valence-electron chi connectivity index (χ2n) is 4.14. The molecule has 1 atom stereocenters. The van der Waals surface area contributed by atoms with E-state index in [0.29, 0.717) is 10.7 Å². The summed E-state index contributed by atoms with van der Waals surface area (Å²) in [6, 6.07) is 7.25. The first-order valence-corrected chi connectivity index (χ1v) is 8.05. The van der Waals surface area contributed by atoms with Crippen molar-refractivity contribution in [1.29, 1.82) is 0 Å². The second-order valence-corrected chi connectivity index (χ2v) is 7.16. The third-order valence-corrected chi connectivity index (χ3v) is 4.74. The number of carbonyl (C=O) groups is 1. The maximum atomic E-state index is 11.9. The Hall–Kier alpha value is -0.860. The number of hydrogen-bond donors (Lipinski definition) is 1. The van der Waals surface area contributed by atoms with Crippen LogP contribution in [0, 0.1) is 9.81 Å². The zero-order valence-electron chi connectivity index (χ0n) is 10.8. The Kier molecular flexibility index (Phi) is 5.22. The molecule has 7 heteroatoms. The van der Waals surface area contributed by atoms with Crippen LogP contribution >= 0.6 is 45.7 Å². The Morgan fingerprint density at radius 2 is 2.30 bits per heavy atom. The van der Waals surface area contributed by atoms with Gasteiger partial charge in [-0.2, -0.15) is 4.37 Å². The first kappa shape index (κ1) is 15.5. The molecule has 1 amide bonds. The number of anilines is 1. The van der Waals surface area contributed by atoms with Crippen LogP contribution in [0.3, 0.4) is 0 Å². The van der Waals surface area contributed by atoms with E-state index >= 15 is 0 Å². The second kappa shape index (κ2) is 6.73. The van der Waals surface area contributed by atoms with Crippen LogP contribution in [0.4, 0.5) is 10.5 Å². The van der Waals surface area contributed by atoms with Gasteiger partial charge in [-0.15, -0.1) is 0 Å². The Morgan fingerprint density at radius 3 is 2.90 bits per heavy atom. The summed E-state index contributed by atoms with van der Waals surface area (Å²) < 4.78 is 10.4. The van der Waals surface area contributed by atoms with Gasteiger partial charge in [0.15, 0.2) is 0 Å². The van der Waals surface area contributed by atoms with Gasteiger partial charge in [0.05, 0.1) is 11.4 Å². The van der Waals surface area contributed by atoms with Crippen molar-refractivity contribution in [1.82, 2.24) is 4.37 Å². The fraction of sp³-hybridized carbons (Fsp3) is 0.231. The number of aryl methyl sites for hydroxylation is 1. The standard InChI is InChI=1S/C13H12ClIN2O2S/c1-7-11(12(15)20-17-7)16-13(18)19-8(2)9-4-3-5-10(14)6-9/h3-6,8H,1-2H3,(H,16,18)/t8-/m1/s1. The Bertz CT molecular complexity index is 613. The summed E-state index contributed by atoms with van der Waals surface area (Å²) >= 11 is 9.39. The molecule has 0 radical (unpaired) electrons. The molecule has 0 aliphatic heterocycles. The first-order chi connectivity index (χ1) is 9.47. The van der Waals surface area contributed by atoms with Crippen molar-refractivity contribution in [2.75, 3.05) is 5.32 Å². The van der Waals surface area contributed by atoms with Crippen molar-refractivity contribution in [3.05, 3.63) is 43.4 Å². The highest BCUT2D eigenvalue weighted by atomic mass is 127.